The minimum atomic E-state index is -0.777. The van der Waals surface area contributed by atoms with Crippen molar-refractivity contribution < 1.29 is 8.78 Å². The van der Waals surface area contributed by atoms with Crippen LogP contribution in [0.1, 0.15) is 38.3 Å². The molecule has 1 heterocycles. The third kappa shape index (κ3) is 3.76. The lowest BCUT2D eigenvalue weighted by atomic mass is 9.97. The lowest BCUT2D eigenvalue weighted by molar-refractivity contribution is 0.170. The van der Waals surface area contributed by atoms with Gasteiger partial charge in [0.1, 0.15) is 0 Å². The van der Waals surface area contributed by atoms with E-state index in [9.17, 15) is 8.78 Å². The molecule has 1 N–H and O–H groups in total. The number of rotatable bonds is 5. The Morgan fingerprint density at radius 2 is 2.15 bits per heavy atom. The first-order chi connectivity index (χ1) is 9.61. The summed E-state index contributed by atoms with van der Waals surface area (Å²) < 4.78 is 26.4. The summed E-state index contributed by atoms with van der Waals surface area (Å²) in [5, 5.41) is 3.42. The summed E-state index contributed by atoms with van der Waals surface area (Å²) in [7, 11) is 0. The van der Waals surface area contributed by atoms with E-state index in [2.05, 4.69) is 24.1 Å². The van der Waals surface area contributed by atoms with Crippen LogP contribution in [0.15, 0.2) is 18.2 Å². The van der Waals surface area contributed by atoms with Crippen molar-refractivity contribution in [3.63, 3.8) is 0 Å². The Morgan fingerprint density at radius 1 is 1.35 bits per heavy atom. The van der Waals surface area contributed by atoms with E-state index in [1.807, 2.05) is 0 Å². The minimum Gasteiger partial charge on any atom is -0.316 e. The number of nitrogens with zero attached hydrogens (tertiary/aromatic N) is 1. The number of halogens is 2. The van der Waals surface area contributed by atoms with Crippen molar-refractivity contribution in [1.29, 1.82) is 0 Å². The van der Waals surface area contributed by atoms with Gasteiger partial charge >= 0.3 is 0 Å². The molecule has 4 heteroatoms. The molecule has 2 nitrogen and oxygen atoms in total. The third-order valence-electron chi connectivity index (χ3n) is 4.27. The highest BCUT2D eigenvalue weighted by Crippen LogP contribution is 2.24. The van der Waals surface area contributed by atoms with Gasteiger partial charge in [0.05, 0.1) is 0 Å². The van der Waals surface area contributed by atoms with Crippen LogP contribution in [0.4, 0.5) is 8.78 Å². The van der Waals surface area contributed by atoms with Gasteiger partial charge in [-0.25, -0.2) is 8.78 Å². The molecule has 0 saturated carbocycles. The fourth-order valence-corrected chi connectivity index (χ4v) is 2.96. The maximum absolute atomic E-state index is 13.4. The second kappa shape index (κ2) is 7.14. The van der Waals surface area contributed by atoms with E-state index in [0.29, 0.717) is 5.92 Å². The first-order valence-electron chi connectivity index (χ1n) is 7.51. The zero-order valence-corrected chi connectivity index (χ0v) is 12.3. The molecule has 1 saturated heterocycles. The number of benzene rings is 1. The van der Waals surface area contributed by atoms with Crippen molar-refractivity contribution >= 4 is 0 Å². The van der Waals surface area contributed by atoms with Gasteiger partial charge in [-0.2, -0.15) is 0 Å². The van der Waals surface area contributed by atoms with Crippen LogP contribution in [0.3, 0.4) is 0 Å². The molecule has 1 aliphatic rings. The zero-order valence-electron chi connectivity index (χ0n) is 12.3. The van der Waals surface area contributed by atoms with Crippen molar-refractivity contribution in [3.05, 3.63) is 35.4 Å². The largest absolute Gasteiger partial charge is 0.316 e. The molecule has 20 heavy (non-hydrogen) atoms. The van der Waals surface area contributed by atoms with Gasteiger partial charge in [-0.05, 0) is 63.0 Å². The van der Waals surface area contributed by atoms with Crippen LogP contribution in [0.5, 0.6) is 0 Å². The molecule has 112 valence electrons. The quantitative estimate of drug-likeness (QED) is 0.891. The van der Waals surface area contributed by atoms with Crippen LogP contribution >= 0.6 is 0 Å². The molecule has 0 radical (unpaired) electrons. The maximum atomic E-state index is 13.4. The van der Waals surface area contributed by atoms with Crippen LogP contribution in [-0.2, 0) is 0 Å². The fraction of sp³-hybridized carbons (Fsp3) is 0.625. The van der Waals surface area contributed by atoms with Crippen molar-refractivity contribution in [3.8, 4) is 0 Å². The lowest BCUT2D eigenvalue weighted by Crippen LogP contribution is -2.39. The molecule has 0 aliphatic carbocycles. The fourth-order valence-electron chi connectivity index (χ4n) is 2.96. The van der Waals surface area contributed by atoms with Crippen molar-refractivity contribution in [1.82, 2.24) is 10.2 Å². The van der Waals surface area contributed by atoms with Crippen LogP contribution in [0.2, 0.25) is 0 Å². The molecule has 2 unspecified atom stereocenters. The first kappa shape index (κ1) is 15.4. The smallest absolute Gasteiger partial charge is 0.159 e. The first-order valence-corrected chi connectivity index (χ1v) is 7.51. The van der Waals surface area contributed by atoms with Gasteiger partial charge in [0.25, 0.3) is 0 Å². The van der Waals surface area contributed by atoms with Crippen LogP contribution in [-0.4, -0.2) is 31.1 Å². The van der Waals surface area contributed by atoms with Crippen molar-refractivity contribution in [2.24, 2.45) is 5.92 Å². The Labute approximate surface area is 120 Å². The van der Waals surface area contributed by atoms with E-state index >= 15 is 0 Å². The standard InChI is InChI=1S/C16H24F2N2/c1-3-20(11-13-5-4-8-19-10-13)12(2)14-6-7-15(17)16(18)9-14/h6-7,9,12-13,19H,3-5,8,10-11H2,1-2H3. The molecular formula is C16H24F2N2. The van der Waals surface area contributed by atoms with Gasteiger partial charge < -0.3 is 5.32 Å². The lowest BCUT2D eigenvalue weighted by Gasteiger charge is -2.33. The summed E-state index contributed by atoms with van der Waals surface area (Å²) in [5.41, 5.74) is 0.842. The molecule has 2 atom stereocenters. The molecule has 1 aromatic rings. The summed E-state index contributed by atoms with van der Waals surface area (Å²) in [6.45, 7) is 8.27. The topological polar surface area (TPSA) is 15.3 Å². The van der Waals surface area contributed by atoms with Crippen molar-refractivity contribution in [2.45, 2.75) is 32.7 Å². The second-order valence-corrected chi connectivity index (χ2v) is 5.65. The third-order valence-corrected chi connectivity index (χ3v) is 4.27. The predicted octanol–water partition coefficient (Wildman–Crippen LogP) is 3.35. The number of hydrogen-bond donors (Lipinski definition) is 1. The molecule has 0 amide bonds. The van der Waals surface area contributed by atoms with E-state index in [0.717, 1.165) is 31.7 Å². The molecule has 1 fully saturated rings. The minimum absolute atomic E-state index is 0.108. The average molecular weight is 282 g/mol. The normalized spacial score (nSPS) is 21.1. The summed E-state index contributed by atoms with van der Waals surface area (Å²) in [6, 6.07) is 4.33. The molecule has 0 aromatic heterocycles. The van der Waals surface area contributed by atoms with Crippen LogP contribution < -0.4 is 5.32 Å². The molecule has 2 rings (SSSR count). The Bertz CT molecular complexity index is 430. The SMILES string of the molecule is CCN(CC1CCCNC1)C(C)c1ccc(F)c(F)c1. The summed E-state index contributed by atoms with van der Waals surface area (Å²) >= 11 is 0. The number of piperidine rings is 1. The molecule has 1 aliphatic heterocycles. The van der Waals surface area contributed by atoms with Crippen LogP contribution in [0, 0.1) is 17.6 Å². The van der Waals surface area contributed by atoms with Gasteiger partial charge in [-0.15, -0.1) is 0 Å². The number of hydrogen-bond acceptors (Lipinski definition) is 2. The highest BCUT2D eigenvalue weighted by Gasteiger charge is 2.21. The van der Waals surface area contributed by atoms with E-state index in [-0.39, 0.29) is 6.04 Å². The van der Waals surface area contributed by atoms with E-state index in [1.165, 1.54) is 25.0 Å². The Kier molecular flexibility index (Phi) is 5.49. The van der Waals surface area contributed by atoms with Gasteiger partial charge in [-0.3, -0.25) is 4.90 Å². The summed E-state index contributed by atoms with van der Waals surface area (Å²) in [4.78, 5) is 2.34. The zero-order chi connectivity index (χ0) is 14.5. The Hall–Kier alpha value is -1.00. The molecule has 0 spiro atoms. The van der Waals surface area contributed by atoms with Gasteiger partial charge in [0, 0.05) is 12.6 Å². The van der Waals surface area contributed by atoms with Crippen molar-refractivity contribution in [2.75, 3.05) is 26.2 Å². The van der Waals surface area contributed by atoms with E-state index < -0.39 is 11.6 Å². The number of nitrogens with one attached hydrogen (secondary N) is 1. The van der Waals surface area contributed by atoms with Crippen LogP contribution in [0.25, 0.3) is 0 Å². The molecular weight excluding hydrogens is 258 g/mol. The van der Waals surface area contributed by atoms with Gasteiger partial charge in [0.2, 0.25) is 0 Å². The van der Waals surface area contributed by atoms with E-state index in [1.54, 1.807) is 6.07 Å². The second-order valence-electron chi connectivity index (χ2n) is 5.65. The highest BCUT2D eigenvalue weighted by molar-refractivity contribution is 5.21. The average Bonchev–Trinajstić information content (AvgIpc) is 2.48. The predicted molar refractivity (Wildman–Crippen MR) is 77.6 cm³/mol. The Morgan fingerprint density at radius 3 is 2.75 bits per heavy atom. The summed E-state index contributed by atoms with van der Waals surface area (Å²) in [5.74, 6) is -0.887. The molecule has 1 aromatic carbocycles. The highest BCUT2D eigenvalue weighted by atomic mass is 19.2. The van der Waals surface area contributed by atoms with Gasteiger partial charge in [-0.1, -0.05) is 13.0 Å². The molecule has 0 bridgehead atoms. The van der Waals surface area contributed by atoms with E-state index in [4.69, 9.17) is 0 Å². The van der Waals surface area contributed by atoms with Gasteiger partial charge in [0.15, 0.2) is 11.6 Å². The maximum Gasteiger partial charge on any atom is 0.159 e. The Balaban J connectivity index is 2.03. The monoisotopic (exact) mass is 282 g/mol. The summed E-state index contributed by atoms with van der Waals surface area (Å²) in [6.07, 6.45) is 2.47.